The highest BCUT2D eigenvalue weighted by atomic mass is 16.5. The van der Waals surface area contributed by atoms with Gasteiger partial charge in [-0.25, -0.2) is 0 Å². The lowest BCUT2D eigenvalue weighted by atomic mass is 9.92. The molecule has 0 radical (unpaired) electrons. The molecule has 80 valence electrons. The fraction of sp³-hybridized carbons (Fsp3) is 0.727. The second-order valence-corrected chi connectivity index (χ2v) is 4.53. The molecule has 0 unspecified atom stereocenters. The van der Waals surface area contributed by atoms with E-state index in [2.05, 4.69) is 31.9 Å². The van der Waals surface area contributed by atoms with Crippen molar-refractivity contribution in [1.82, 2.24) is 9.78 Å². The topological polar surface area (TPSA) is 27.1 Å². The maximum atomic E-state index is 5.37. The lowest BCUT2D eigenvalue weighted by Gasteiger charge is -2.13. The van der Waals surface area contributed by atoms with Gasteiger partial charge in [0.25, 0.3) is 0 Å². The lowest BCUT2D eigenvalue weighted by molar-refractivity contribution is 0.128. The molecular formula is C11H20N2O. The van der Waals surface area contributed by atoms with E-state index in [1.807, 2.05) is 18.7 Å². The number of nitrogens with zero attached hydrogens (tertiary/aromatic N) is 2. The van der Waals surface area contributed by atoms with Crippen molar-refractivity contribution in [3.63, 3.8) is 0 Å². The third kappa shape index (κ3) is 2.58. The van der Waals surface area contributed by atoms with Gasteiger partial charge in [-0.2, -0.15) is 5.10 Å². The van der Waals surface area contributed by atoms with Crippen LogP contribution in [0.5, 0.6) is 0 Å². The molecule has 0 atom stereocenters. The Morgan fingerprint density at radius 2 is 2.07 bits per heavy atom. The zero-order valence-electron chi connectivity index (χ0n) is 9.79. The van der Waals surface area contributed by atoms with E-state index in [9.17, 15) is 0 Å². The Kier molecular flexibility index (Phi) is 3.32. The van der Waals surface area contributed by atoms with Crippen LogP contribution in [0.25, 0.3) is 0 Å². The largest absolute Gasteiger partial charge is 0.375 e. The molecule has 0 saturated carbocycles. The quantitative estimate of drug-likeness (QED) is 0.741. The van der Waals surface area contributed by atoms with Crippen LogP contribution < -0.4 is 0 Å². The predicted molar refractivity (Wildman–Crippen MR) is 57.2 cm³/mol. The molecule has 3 nitrogen and oxygen atoms in total. The minimum atomic E-state index is 0.113. The smallest absolute Gasteiger partial charge is 0.0884 e. The molecule has 0 saturated heterocycles. The van der Waals surface area contributed by atoms with Crippen molar-refractivity contribution in [3.8, 4) is 0 Å². The zero-order chi connectivity index (χ0) is 10.8. The summed E-state index contributed by atoms with van der Waals surface area (Å²) >= 11 is 0. The number of rotatable bonds is 3. The van der Waals surface area contributed by atoms with Crippen LogP contribution in [0.3, 0.4) is 0 Å². The van der Waals surface area contributed by atoms with Gasteiger partial charge in [0.05, 0.1) is 18.0 Å². The average Bonchev–Trinajstić information content (AvgIpc) is 2.43. The van der Waals surface area contributed by atoms with Crippen molar-refractivity contribution in [2.45, 2.75) is 39.7 Å². The highest BCUT2D eigenvalue weighted by molar-refractivity contribution is 5.16. The van der Waals surface area contributed by atoms with Crippen molar-refractivity contribution in [3.05, 3.63) is 17.5 Å². The van der Waals surface area contributed by atoms with Gasteiger partial charge in [0.15, 0.2) is 0 Å². The Hall–Kier alpha value is -0.830. The van der Waals surface area contributed by atoms with Gasteiger partial charge in [-0.15, -0.1) is 0 Å². The molecule has 3 heteroatoms. The summed E-state index contributed by atoms with van der Waals surface area (Å²) in [5.74, 6) is 0. The summed E-state index contributed by atoms with van der Waals surface area (Å²) < 4.78 is 7.26. The van der Waals surface area contributed by atoms with Gasteiger partial charge in [0.2, 0.25) is 0 Å². The first-order valence-corrected chi connectivity index (χ1v) is 5.06. The van der Waals surface area contributed by atoms with Crippen LogP contribution in [0, 0.1) is 0 Å². The highest BCUT2D eigenvalue weighted by Gasteiger charge is 2.18. The molecule has 0 aliphatic rings. The van der Waals surface area contributed by atoms with Crippen LogP contribution in [0.1, 0.15) is 39.1 Å². The van der Waals surface area contributed by atoms with Crippen molar-refractivity contribution >= 4 is 0 Å². The molecule has 0 aliphatic carbocycles. The van der Waals surface area contributed by atoms with Crippen molar-refractivity contribution in [2.24, 2.45) is 7.05 Å². The van der Waals surface area contributed by atoms with Gasteiger partial charge in [0, 0.05) is 19.1 Å². The van der Waals surface area contributed by atoms with E-state index in [1.54, 1.807) is 0 Å². The second-order valence-electron chi connectivity index (χ2n) is 4.53. The SMILES string of the molecule is CCOCc1cc(C(C)(C)C)nn1C. The van der Waals surface area contributed by atoms with Gasteiger partial charge in [-0.3, -0.25) is 4.68 Å². The Morgan fingerprint density at radius 1 is 1.43 bits per heavy atom. The van der Waals surface area contributed by atoms with Crippen LogP contribution in [0.4, 0.5) is 0 Å². The summed E-state index contributed by atoms with van der Waals surface area (Å²) in [5.41, 5.74) is 2.37. The Balaban J connectivity index is 2.82. The predicted octanol–water partition coefficient (Wildman–Crippen LogP) is 2.25. The Labute approximate surface area is 86.1 Å². The molecule has 1 heterocycles. The van der Waals surface area contributed by atoms with E-state index in [1.165, 1.54) is 0 Å². The summed E-state index contributed by atoms with van der Waals surface area (Å²) in [6.07, 6.45) is 0. The van der Waals surface area contributed by atoms with Gasteiger partial charge in [0.1, 0.15) is 0 Å². The summed E-state index contributed by atoms with van der Waals surface area (Å²) in [4.78, 5) is 0. The molecule has 0 N–H and O–H groups in total. The fourth-order valence-corrected chi connectivity index (χ4v) is 1.21. The Morgan fingerprint density at radius 3 is 2.50 bits per heavy atom. The molecule has 1 aromatic rings. The van der Waals surface area contributed by atoms with Crippen LogP contribution >= 0.6 is 0 Å². The van der Waals surface area contributed by atoms with Crippen LogP contribution in [0.15, 0.2) is 6.07 Å². The standard InChI is InChI=1S/C11H20N2O/c1-6-14-8-9-7-10(11(2,3)4)12-13(9)5/h7H,6,8H2,1-5H3. The fourth-order valence-electron chi connectivity index (χ4n) is 1.21. The molecular weight excluding hydrogens is 176 g/mol. The number of hydrogen-bond acceptors (Lipinski definition) is 2. The Bertz CT molecular complexity index is 297. The highest BCUT2D eigenvalue weighted by Crippen LogP contribution is 2.21. The van der Waals surface area contributed by atoms with Crippen LogP contribution in [0.2, 0.25) is 0 Å². The second kappa shape index (κ2) is 4.13. The van der Waals surface area contributed by atoms with Crippen molar-refractivity contribution in [1.29, 1.82) is 0 Å². The van der Waals surface area contributed by atoms with Gasteiger partial charge in [-0.1, -0.05) is 20.8 Å². The van der Waals surface area contributed by atoms with Crippen LogP contribution in [-0.2, 0) is 23.8 Å². The number of aryl methyl sites for hydroxylation is 1. The van der Waals surface area contributed by atoms with E-state index in [0.717, 1.165) is 18.0 Å². The average molecular weight is 196 g/mol. The van der Waals surface area contributed by atoms with E-state index in [-0.39, 0.29) is 5.41 Å². The van der Waals surface area contributed by atoms with E-state index in [0.29, 0.717) is 6.61 Å². The first-order valence-electron chi connectivity index (χ1n) is 5.06. The first kappa shape index (κ1) is 11.2. The maximum Gasteiger partial charge on any atom is 0.0884 e. The van der Waals surface area contributed by atoms with Crippen molar-refractivity contribution < 1.29 is 4.74 Å². The molecule has 0 amide bonds. The minimum absolute atomic E-state index is 0.113. The maximum absolute atomic E-state index is 5.37. The molecule has 0 aliphatic heterocycles. The van der Waals surface area contributed by atoms with Crippen LogP contribution in [-0.4, -0.2) is 16.4 Å². The molecule has 0 fully saturated rings. The van der Waals surface area contributed by atoms with Gasteiger partial charge < -0.3 is 4.74 Å². The summed E-state index contributed by atoms with van der Waals surface area (Å²) in [6.45, 7) is 9.90. The number of hydrogen-bond donors (Lipinski definition) is 0. The molecule has 1 rings (SSSR count). The molecule has 0 bridgehead atoms. The molecule has 1 aromatic heterocycles. The summed E-state index contributed by atoms with van der Waals surface area (Å²) in [5, 5.41) is 4.47. The number of aromatic nitrogens is 2. The van der Waals surface area contributed by atoms with Gasteiger partial charge in [-0.05, 0) is 13.0 Å². The molecule has 0 aromatic carbocycles. The van der Waals surface area contributed by atoms with E-state index in [4.69, 9.17) is 4.74 Å². The minimum Gasteiger partial charge on any atom is -0.375 e. The normalized spacial score (nSPS) is 12.1. The molecule has 0 spiro atoms. The molecule has 14 heavy (non-hydrogen) atoms. The monoisotopic (exact) mass is 196 g/mol. The summed E-state index contributed by atoms with van der Waals surface area (Å²) in [7, 11) is 1.96. The first-order chi connectivity index (χ1) is 6.45. The zero-order valence-corrected chi connectivity index (χ0v) is 9.79. The van der Waals surface area contributed by atoms with Crippen molar-refractivity contribution in [2.75, 3.05) is 6.61 Å². The number of ether oxygens (including phenoxy) is 1. The third-order valence-corrected chi connectivity index (χ3v) is 2.20. The van der Waals surface area contributed by atoms with E-state index >= 15 is 0 Å². The lowest BCUT2D eigenvalue weighted by Crippen LogP contribution is -2.12. The van der Waals surface area contributed by atoms with E-state index < -0.39 is 0 Å². The third-order valence-electron chi connectivity index (χ3n) is 2.20. The summed E-state index contributed by atoms with van der Waals surface area (Å²) in [6, 6.07) is 2.12. The van der Waals surface area contributed by atoms with Gasteiger partial charge >= 0.3 is 0 Å².